The maximum absolute atomic E-state index is 12.8. The van der Waals surface area contributed by atoms with Gasteiger partial charge in [-0.05, 0) is 35.9 Å². The number of hydrogen-bond donors (Lipinski definition) is 1. The van der Waals surface area contributed by atoms with Gasteiger partial charge >= 0.3 is 6.18 Å². The summed E-state index contributed by atoms with van der Waals surface area (Å²) in [6, 6.07) is 11.2. The molecule has 31 heavy (non-hydrogen) atoms. The van der Waals surface area contributed by atoms with E-state index < -0.39 is 11.7 Å². The molecule has 0 radical (unpaired) electrons. The van der Waals surface area contributed by atoms with Crippen LogP contribution >= 0.6 is 22.9 Å². The Morgan fingerprint density at radius 2 is 1.84 bits per heavy atom. The van der Waals surface area contributed by atoms with E-state index in [1.165, 1.54) is 36.5 Å². The number of ether oxygens (including phenoxy) is 1. The van der Waals surface area contributed by atoms with Crippen LogP contribution in [0.5, 0.6) is 11.6 Å². The van der Waals surface area contributed by atoms with Gasteiger partial charge in [0, 0.05) is 18.6 Å². The highest BCUT2D eigenvalue weighted by molar-refractivity contribution is 7.22. The zero-order valence-electron chi connectivity index (χ0n) is 15.7. The molecule has 0 aliphatic heterocycles. The number of halogens is 4. The van der Waals surface area contributed by atoms with Gasteiger partial charge in [0.15, 0.2) is 10.9 Å². The molecule has 0 aliphatic carbocycles. The average Bonchev–Trinajstić information content (AvgIpc) is 3.10. The molecule has 2 aromatic heterocycles. The summed E-state index contributed by atoms with van der Waals surface area (Å²) in [6.45, 7) is 1.38. The second kappa shape index (κ2) is 8.12. The molecular formula is C20H12ClF3N4O2S. The van der Waals surface area contributed by atoms with Crippen LogP contribution in [0.1, 0.15) is 12.5 Å². The first kappa shape index (κ1) is 21.0. The molecule has 2 heterocycles. The maximum Gasteiger partial charge on any atom is 0.416 e. The monoisotopic (exact) mass is 464 g/mol. The lowest BCUT2D eigenvalue weighted by Crippen LogP contribution is -2.04. The van der Waals surface area contributed by atoms with Crippen LogP contribution in [0.3, 0.4) is 0 Å². The van der Waals surface area contributed by atoms with E-state index in [4.69, 9.17) is 16.3 Å². The number of carbonyl (C=O) groups is 1. The molecule has 6 nitrogen and oxygen atoms in total. The molecule has 0 atom stereocenters. The van der Waals surface area contributed by atoms with E-state index in [1.54, 1.807) is 12.1 Å². The van der Waals surface area contributed by atoms with Crippen LogP contribution in [0, 0.1) is 0 Å². The number of amides is 1. The second-order valence-electron chi connectivity index (χ2n) is 6.34. The summed E-state index contributed by atoms with van der Waals surface area (Å²) in [5, 5.41) is 2.92. The normalized spacial score (nSPS) is 11.5. The lowest BCUT2D eigenvalue weighted by atomic mass is 10.1. The van der Waals surface area contributed by atoms with Crippen LogP contribution in [-0.4, -0.2) is 20.9 Å². The molecule has 4 aromatic rings. The zero-order chi connectivity index (χ0) is 22.2. The molecule has 4 rings (SSSR count). The summed E-state index contributed by atoms with van der Waals surface area (Å²) in [5.74, 6) is 0.222. The van der Waals surface area contributed by atoms with Crippen molar-refractivity contribution in [3.63, 3.8) is 0 Å². The molecule has 1 amide bonds. The number of hydrogen-bond acceptors (Lipinski definition) is 6. The molecule has 158 valence electrons. The average molecular weight is 465 g/mol. The highest BCUT2D eigenvalue weighted by Crippen LogP contribution is 2.36. The van der Waals surface area contributed by atoms with E-state index >= 15 is 0 Å². The number of rotatable bonds is 4. The minimum atomic E-state index is -4.43. The van der Waals surface area contributed by atoms with E-state index in [1.807, 2.05) is 6.07 Å². The van der Waals surface area contributed by atoms with Crippen LogP contribution < -0.4 is 10.1 Å². The number of fused-ring (bicyclic) bond motifs is 1. The number of nitrogens with one attached hydrogen (secondary N) is 1. The molecule has 0 unspecified atom stereocenters. The Morgan fingerprint density at radius 3 is 2.52 bits per heavy atom. The number of nitrogens with zero attached hydrogens (tertiary/aromatic N) is 3. The van der Waals surface area contributed by atoms with Gasteiger partial charge < -0.3 is 10.1 Å². The van der Waals surface area contributed by atoms with Gasteiger partial charge in [-0.2, -0.15) is 18.2 Å². The third kappa shape index (κ3) is 4.75. The molecule has 0 fully saturated rings. The van der Waals surface area contributed by atoms with Crippen molar-refractivity contribution >= 4 is 44.2 Å². The fourth-order valence-corrected chi connectivity index (χ4v) is 3.85. The van der Waals surface area contributed by atoms with Gasteiger partial charge in [-0.25, -0.2) is 9.97 Å². The molecule has 0 bridgehead atoms. The van der Waals surface area contributed by atoms with Crippen molar-refractivity contribution in [2.24, 2.45) is 0 Å². The van der Waals surface area contributed by atoms with Crippen LogP contribution in [-0.2, 0) is 11.0 Å². The van der Waals surface area contributed by atoms with Crippen molar-refractivity contribution in [1.29, 1.82) is 0 Å². The Balaban J connectivity index is 1.66. The minimum absolute atomic E-state index is 0.0940. The van der Waals surface area contributed by atoms with E-state index in [0.29, 0.717) is 27.7 Å². The van der Waals surface area contributed by atoms with Gasteiger partial charge in [0.25, 0.3) is 0 Å². The molecule has 0 saturated heterocycles. The van der Waals surface area contributed by atoms with Gasteiger partial charge in [0.2, 0.25) is 17.1 Å². The van der Waals surface area contributed by atoms with Gasteiger partial charge in [-0.3, -0.25) is 4.79 Å². The molecule has 0 saturated carbocycles. The lowest BCUT2D eigenvalue weighted by molar-refractivity contribution is -0.137. The molecule has 0 aliphatic rings. The van der Waals surface area contributed by atoms with Crippen LogP contribution in [0.15, 0.2) is 48.5 Å². The number of para-hydroxylation sites is 1. The molecule has 11 heteroatoms. The Labute approximate surface area is 182 Å². The maximum atomic E-state index is 12.8. The zero-order valence-corrected chi connectivity index (χ0v) is 17.3. The van der Waals surface area contributed by atoms with Crippen molar-refractivity contribution in [1.82, 2.24) is 15.0 Å². The van der Waals surface area contributed by atoms with Gasteiger partial charge in [-0.15, -0.1) is 0 Å². The largest absolute Gasteiger partial charge is 0.437 e. The topological polar surface area (TPSA) is 77.0 Å². The van der Waals surface area contributed by atoms with Crippen LogP contribution in [0.4, 0.5) is 18.3 Å². The quantitative estimate of drug-likeness (QED) is 0.365. The van der Waals surface area contributed by atoms with Crippen LogP contribution in [0.2, 0.25) is 5.28 Å². The first-order valence-corrected chi connectivity index (χ1v) is 9.96. The summed E-state index contributed by atoms with van der Waals surface area (Å²) in [5.41, 5.74) is 0.468. The van der Waals surface area contributed by atoms with Crippen molar-refractivity contribution in [3.05, 3.63) is 59.4 Å². The summed E-state index contributed by atoms with van der Waals surface area (Å²) in [7, 11) is 0. The fourth-order valence-electron chi connectivity index (χ4n) is 2.75. The number of benzene rings is 2. The minimum Gasteiger partial charge on any atom is -0.437 e. The predicted octanol–water partition coefficient (Wildman–Crippen LogP) is 6.18. The number of anilines is 1. The summed E-state index contributed by atoms with van der Waals surface area (Å²) in [4.78, 5) is 23.7. The highest BCUT2D eigenvalue weighted by atomic mass is 35.5. The number of carbonyl (C=O) groups excluding carboxylic acids is 1. The summed E-state index contributed by atoms with van der Waals surface area (Å²) < 4.78 is 45.0. The van der Waals surface area contributed by atoms with Crippen LogP contribution in [0.25, 0.3) is 21.5 Å². The molecule has 0 spiro atoms. The van der Waals surface area contributed by atoms with Gasteiger partial charge in [0.1, 0.15) is 5.52 Å². The lowest BCUT2D eigenvalue weighted by Gasteiger charge is -2.09. The first-order chi connectivity index (χ1) is 14.7. The van der Waals surface area contributed by atoms with Gasteiger partial charge in [-0.1, -0.05) is 29.5 Å². The number of alkyl halides is 3. The Morgan fingerprint density at radius 1 is 1.10 bits per heavy atom. The first-order valence-electron chi connectivity index (χ1n) is 8.76. The van der Waals surface area contributed by atoms with Gasteiger partial charge in [0.05, 0.1) is 16.0 Å². The van der Waals surface area contributed by atoms with Crippen molar-refractivity contribution in [3.8, 4) is 22.9 Å². The van der Waals surface area contributed by atoms with E-state index in [9.17, 15) is 18.0 Å². The molecule has 2 aromatic carbocycles. The highest BCUT2D eigenvalue weighted by Gasteiger charge is 2.30. The summed E-state index contributed by atoms with van der Waals surface area (Å²) >= 11 is 7.29. The van der Waals surface area contributed by atoms with E-state index in [-0.39, 0.29) is 17.1 Å². The third-order valence-corrected chi connectivity index (χ3v) is 5.17. The smallest absolute Gasteiger partial charge is 0.416 e. The molecule has 1 N–H and O–H groups in total. The fraction of sp³-hybridized carbons (Fsp3) is 0.100. The molecular weight excluding hydrogens is 453 g/mol. The van der Waals surface area contributed by atoms with E-state index in [2.05, 4.69) is 20.3 Å². The summed E-state index contributed by atoms with van der Waals surface area (Å²) in [6.07, 6.45) is -4.43. The number of thiazole rings is 1. The standard InChI is InChI=1S/C20H12ClF3N4O2S/c1-10(29)25-19-28-17-14(3-2-4-15(17)31-19)30-16-9-13(26-18(21)27-16)11-5-7-12(8-6-11)20(22,23)24/h2-9H,1H3,(H,25,28,29). The second-order valence-corrected chi connectivity index (χ2v) is 7.71. The van der Waals surface area contributed by atoms with Crippen molar-refractivity contribution in [2.45, 2.75) is 13.1 Å². The third-order valence-electron chi connectivity index (χ3n) is 4.06. The Hall–Kier alpha value is -3.24. The SMILES string of the molecule is CC(=O)Nc1nc2c(Oc3cc(-c4ccc(C(F)(F)F)cc4)nc(Cl)n3)cccc2s1. The Bertz CT molecular complexity index is 1280. The van der Waals surface area contributed by atoms with Crippen molar-refractivity contribution < 1.29 is 22.7 Å². The van der Waals surface area contributed by atoms with E-state index in [0.717, 1.165) is 16.8 Å². The Kier molecular flexibility index (Phi) is 5.50. The van der Waals surface area contributed by atoms with Crippen molar-refractivity contribution in [2.75, 3.05) is 5.32 Å². The number of aromatic nitrogens is 3. The predicted molar refractivity (Wildman–Crippen MR) is 111 cm³/mol.